The Balaban J connectivity index is 1.84. The fourth-order valence-corrected chi connectivity index (χ4v) is 3.01. The van der Waals surface area contributed by atoms with Crippen molar-refractivity contribution >= 4 is 28.3 Å². The standard InChI is InChI=1S/C21H24N4O/c1-3-13-25(14-4-2)19-15-17(10-12-22-19)21(26)24-18-9-5-7-16-8-6-11-23-20(16)18/h5-12,15H,3-4,13-14H2,1-2H3,(H,24,26). The summed E-state index contributed by atoms with van der Waals surface area (Å²) in [6.07, 6.45) is 5.51. The molecule has 1 aromatic carbocycles. The van der Waals surface area contributed by atoms with Gasteiger partial charge in [-0.25, -0.2) is 4.98 Å². The van der Waals surface area contributed by atoms with E-state index in [1.54, 1.807) is 18.5 Å². The van der Waals surface area contributed by atoms with Crippen LogP contribution in [-0.4, -0.2) is 29.0 Å². The second-order valence-corrected chi connectivity index (χ2v) is 6.22. The van der Waals surface area contributed by atoms with Gasteiger partial charge >= 0.3 is 0 Å². The van der Waals surface area contributed by atoms with Gasteiger partial charge in [0.2, 0.25) is 0 Å². The molecule has 0 unspecified atom stereocenters. The summed E-state index contributed by atoms with van der Waals surface area (Å²) in [5.74, 6) is 0.692. The number of nitrogens with one attached hydrogen (secondary N) is 1. The molecule has 2 heterocycles. The fraction of sp³-hybridized carbons (Fsp3) is 0.286. The van der Waals surface area contributed by atoms with Gasteiger partial charge in [-0.2, -0.15) is 0 Å². The Labute approximate surface area is 154 Å². The molecule has 5 heteroatoms. The van der Waals surface area contributed by atoms with Crippen molar-refractivity contribution in [3.8, 4) is 0 Å². The topological polar surface area (TPSA) is 58.1 Å². The van der Waals surface area contributed by atoms with Crippen molar-refractivity contribution in [3.63, 3.8) is 0 Å². The van der Waals surface area contributed by atoms with Gasteiger partial charge < -0.3 is 10.2 Å². The molecule has 26 heavy (non-hydrogen) atoms. The first-order valence-electron chi connectivity index (χ1n) is 9.09. The average molecular weight is 348 g/mol. The molecule has 3 rings (SSSR count). The summed E-state index contributed by atoms with van der Waals surface area (Å²) in [4.78, 5) is 23.8. The maximum absolute atomic E-state index is 12.8. The van der Waals surface area contributed by atoms with Crippen LogP contribution in [0.4, 0.5) is 11.5 Å². The number of benzene rings is 1. The molecular weight excluding hydrogens is 324 g/mol. The van der Waals surface area contributed by atoms with E-state index in [2.05, 4.69) is 34.0 Å². The van der Waals surface area contributed by atoms with Crippen LogP contribution in [0.15, 0.2) is 54.9 Å². The van der Waals surface area contributed by atoms with E-state index in [4.69, 9.17) is 0 Å². The summed E-state index contributed by atoms with van der Waals surface area (Å²) in [7, 11) is 0. The third-order valence-electron chi connectivity index (χ3n) is 4.20. The molecular formula is C21H24N4O. The zero-order chi connectivity index (χ0) is 18.4. The minimum Gasteiger partial charge on any atom is -0.357 e. The van der Waals surface area contributed by atoms with E-state index < -0.39 is 0 Å². The number of carbonyl (C=O) groups is 1. The van der Waals surface area contributed by atoms with Crippen molar-refractivity contribution < 1.29 is 4.79 Å². The zero-order valence-electron chi connectivity index (χ0n) is 15.3. The number of hydrogen-bond acceptors (Lipinski definition) is 4. The van der Waals surface area contributed by atoms with E-state index in [-0.39, 0.29) is 5.91 Å². The normalized spacial score (nSPS) is 10.7. The molecule has 3 aromatic rings. The number of rotatable bonds is 7. The SMILES string of the molecule is CCCN(CCC)c1cc(C(=O)Nc2cccc3cccnc23)ccn1. The van der Waals surface area contributed by atoms with E-state index >= 15 is 0 Å². The van der Waals surface area contributed by atoms with Crippen molar-refractivity contribution in [2.24, 2.45) is 0 Å². The summed E-state index contributed by atoms with van der Waals surface area (Å²) in [6.45, 7) is 6.15. The maximum Gasteiger partial charge on any atom is 0.255 e. The summed E-state index contributed by atoms with van der Waals surface area (Å²) in [5.41, 5.74) is 2.10. The lowest BCUT2D eigenvalue weighted by atomic mass is 10.1. The first-order valence-corrected chi connectivity index (χ1v) is 9.09. The Hall–Kier alpha value is -2.95. The van der Waals surface area contributed by atoms with Gasteiger partial charge in [0, 0.05) is 36.4 Å². The van der Waals surface area contributed by atoms with Crippen LogP contribution < -0.4 is 10.2 Å². The molecule has 2 aromatic heterocycles. The van der Waals surface area contributed by atoms with Crippen molar-refractivity contribution in [2.75, 3.05) is 23.3 Å². The number of hydrogen-bond donors (Lipinski definition) is 1. The molecule has 134 valence electrons. The molecule has 0 radical (unpaired) electrons. The Kier molecular flexibility index (Phi) is 5.79. The Morgan fingerprint density at radius 3 is 2.54 bits per heavy atom. The molecule has 1 N–H and O–H groups in total. The van der Waals surface area contributed by atoms with Crippen LogP contribution >= 0.6 is 0 Å². The lowest BCUT2D eigenvalue weighted by Crippen LogP contribution is -2.26. The van der Waals surface area contributed by atoms with Gasteiger partial charge in [-0.1, -0.05) is 32.0 Å². The number of nitrogens with zero attached hydrogens (tertiary/aromatic N) is 3. The molecule has 0 aliphatic rings. The number of para-hydroxylation sites is 1. The van der Waals surface area contributed by atoms with Gasteiger partial charge in [0.15, 0.2) is 0 Å². The van der Waals surface area contributed by atoms with Crippen molar-refractivity contribution in [1.82, 2.24) is 9.97 Å². The summed E-state index contributed by atoms with van der Waals surface area (Å²) in [6, 6.07) is 13.2. The number of aromatic nitrogens is 2. The smallest absolute Gasteiger partial charge is 0.255 e. The molecule has 5 nitrogen and oxygen atoms in total. The van der Waals surface area contributed by atoms with E-state index in [9.17, 15) is 4.79 Å². The minimum atomic E-state index is -0.153. The van der Waals surface area contributed by atoms with Crippen LogP contribution in [0.25, 0.3) is 10.9 Å². The van der Waals surface area contributed by atoms with Crippen LogP contribution in [-0.2, 0) is 0 Å². The fourth-order valence-electron chi connectivity index (χ4n) is 3.01. The highest BCUT2D eigenvalue weighted by atomic mass is 16.1. The maximum atomic E-state index is 12.8. The van der Waals surface area contributed by atoms with Gasteiger partial charge in [-0.3, -0.25) is 9.78 Å². The van der Waals surface area contributed by atoms with Crippen LogP contribution in [0, 0.1) is 0 Å². The molecule has 0 aliphatic heterocycles. The highest BCUT2D eigenvalue weighted by Crippen LogP contribution is 2.22. The molecule has 0 fully saturated rings. The van der Waals surface area contributed by atoms with Crippen molar-refractivity contribution in [3.05, 3.63) is 60.4 Å². The van der Waals surface area contributed by atoms with Crippen LogP contribution in [0.5, 0.6) is 0 Å². The largest absolute Gasteiger partial charge is 0.357 e. The monoisotopic (exact) mass is 348 g/mol. The van der Waals surface area contributed by atoms with Crippen LogP contribution in [0.1, 0.15) is 37.0 Å². The van der Waals surface area contributed by atoms with E-state index in [1.807, 2.05) is 36.4 Å². The van der Waals surface area contributed by atoms with E-state index in [0.29, 0.717) is 11.3 Å². The first-order chi connectivity index (χ1) is 12.7. The molecule has 0 saturated heterocycles. The first kappa shape index (κ1) is 17.9. The van der Waals surface area contributed by atoms with Gasteiger partial charge in [0.25, 0.3) is 5.91 Å². The summed E-state index contributed by atoms with van der Waals surface area (Å²) < 4.78 is 0. The molecule has 0 saturated carbocycles. The second-order valence-electron chi connectivity index (χ2n) is 6.22. The van der Waals surface area contributed by atoms with Crippen molar-refractivity contribution in [2.45, 2.75) is 26.7 Å². The molecule has 0 aliphatic carbocycles. The molecule has 1 amide bonds. The summed E-state index contributed by atoms with van der Waals surface area (Å²) >= 11 is 0. The minimum absolute atomic E-state index is 0.153. The van der Waals surface area contributed by atoms with E-state index in [0.717, 1.165) is 42.7 Å². The number of fused-ring (bicyclic) bond motifs is 1. The number of pyridine rings is 2. The van der Waals surface area contributed by atoms with Gasteiger partial charge in [-0.05, 0) is 37.1 Å². The lowest BCUT2D eigenvalue weighted by Gasteiger charge is -2.22. The quantitative estimate of drug-likeness (QED) is 0.682. The van der Waals surface area contributed by atoms with Gasteiger partial charge in [0.1, 0.15) is 5.82 Å². The highest BCUT2D eigenvalue weighted by molar-refractivity contribution is 6.08. The third-order valence-corrected chi connectivity index (χ3v) is 4.20. The number of carbonyl (C=O) groups excluding carboxylic acids is 1. The number of anilines is 2. The van der Waals surface area contributed by atoms with Crippen molar-refractivity contribution in [1.29, 1.82) is 0 Å². The predicted octanol–water partition coefficient (Wildman–Crippen LogP) is 4.51. The molecule has 0 atom stereocenters. The van der Waals surface area contributed by atoms with Crippen LogP contribution in [0.2, 0.25) is 0 Å². The van der Waals surface area contributed by atoms with E-state index in [1.165, 1.54) is 0 Å². The summed E-state index contributed by atoms with van der Waals surface area (Å²) in [5, 5.41) is 3.98. The second kappa shape index (κ2) is 8.43. The Morgan fingerprint density at radius 2 is 1.77 bits per heavy atom. The number of amides is 1. The highest BCUT2D eigenvalue weighted by Gasteiger charge is 2.12. The molecule has 0 bridgehead atoms. The Bertz CT molecular complexity index is 883. The molecule has 0 spiro atoms. The van der Waals surface area contributed by atoms with Crippen LogP contribution in [0.3, 0.4) is 0 Å². The van der Waals surface area contributed by atoms with Gasteiger partial charge in [0.05, 0.1) is 11.2 Å². The third kappa shape index (κ3) is 3.99. The Morgan fingerprint density at radius 1 is 1.00 bits per heavy atom. The van der Waals surface area contributed by atoms with Gasteiger partial charge in [-0.15, -0.1) is 0 Å². The lowest BCUT2D eigenvalue weighted by molar-refractivity contribution is 0.102. The predicted molar refractivity (Wildman–Crippen MR) is 107 cm³/mol. The average Bonchev–Trinajstić information content (AvgIpc) is 2.68. The zero-order valence-corrected chi connectivity index (χ0v) is 15.3.